The van der Waals surface area contributed by atoms with E-state index in [4.69, 9.17) is 10.5 Å². The van der Waals surface area contributed by atoms with Crippen LogP contribution in [-0.2, 0) is 26.7 Å². The van der Waals surface area contributed by atoms with Gasteiger partial charge >= 0.3 is 5.97 Å². The normalized spacial score (nSPS) is 17.8. The highest BCUT2D eigenvalue weighted by Gasteiger charge is 2.31. The Hall–Kier alpha value is -1.08. The molecule has 2 heterocycles. The van der Waals surface area contributed by atoms with E-state index in [9.17, 15) is 13.2 Å². The van der Waals surface area contributed by atoms with Crippen LogP contribution in [0.2, 0.25) is 0 Å². The van der Waals surface area contributed by atoms with E-state index in [1.807, 2.05) is 0 Å². The second-order valence-electron chi connectivity index (χ2n) is 5.59. The van der Waals surface area contributed by atoms with E-state index < -0.39 is 21.4 Å². The molecule has 0 radical (unpaired) electrons. The zero-order chi connectivity index (χ0) is 14.4. The first kappa shape index (κ1) is 14.3. The van der Waals surface area contributed by atoms with Gasteiger partial charge in [0.15, 0.2) is 9.84 Å². The molecule has 0 unspecified atom stereocenters. The number of fused-ring (bicyclic) bond motifs is 1. The molecule has 0 spiro atoms. The van der Waals surface area contributed by atoms with E-state index in [0.29, 0.717) is 21.9 Å². The standard InChI is InChI=1S/C12H17NO4S2/c1-12(2,3)17-11(14)9-7-4-5-19(15,16)6-8(7)18-10(9)13/h4-6,13H2,1-3H3. The number of carbonyl (C=O) groups is 1. The molecule has 0 bridgehead atoms. The van der Waals surface area contributed by atoms with E-state index in [2.05, 4.69) is 0 Å². The van der Waals surface area contributed by atoms with Crippen LogP contribution in [0, 0.1) is 0 Å². The van der Waals surface area contributed by atoms with E-state index in [-0.39, 0.29) is 11.5 Å². The van der Waals surface area contributed by atoms with Crippen molar-refractivity contribution in [1.82, 2.24) is 0 Å². The molecule has 0 amide bonds. The number of hydrogen-bond acceptors (Lipinski definition) is 6. The summed E-state index contributed by atoms with van der Waals surface area (Å²) in [6, 6.07) is 0. The predicted octanol–water partition coefficient (Wildman–Crippen LogP) is 1.76. The Morgan fingerprint density at radius 2 is 2.00 bits per heavy atom. The number of hydrogen-bond donors (Lipinski definition) is 1. The van der Waals surface area contributed by atoms with Gasteiger partial charge in [-0.15, -0.1) is 11.3 Å². The third kappa shape index (κ3) is 3.09. The fourth-order valence-electron chi connectivity index (χ4n) is 2.00. The number of thiophene rings is 1. The third-order valence-corrected chi connectivity index (χ3v) is 5.53. The molecule has 0 saturated carbocycles. The van der Waals surface area contributed by atoms with Gasteiger partial charge in [0, 0.05) is 4.88 Å². The van der Waals surface area contributed by atoms with E-state index in [1.165, 1.54) is 11.3 Å². The highest BCUT2D eigenvalue weighted by molar-refractivity contribution is 7.90. The minimum atomic E-state index is -3.06. The number of rotatable bonds is 1. The molecule has 1 aromatic heterocycles. The average molecular weight is 303 g/mol. The van der Waals surface area contributed by atoms with Crippen molar-refractivity contribution in [1.29, 1.82) is 0 Å². The molecule has 0 fully saturated rings. The van der Waals surface area contributed by atoms with Crippen LogP contribution in [0.3, 0.4) is 0 Å². The highest BCUT2D eigenvalue weighted by atomic mass is 32.2. The Morgan fingerprint density at radius 3 is 2.58 bits per heavy atom. The van der Waals surface area contributed by atoms with Crippen molar-refractivity contribution in [3.63, 3.8) is 0 Å². The van der Waals surface area contributed by atoms with E-state index >= 15 is 0 Å². The average Bonchev–Trinajstić information content (AvgIpc) is 2.48. The van der Waals surface area contributed by atoms with Gasteiger partial charge in [0.05, 0.1) is 17.1 Å². The van der Waals surface area contributed by atoms with Crippen molar-refractivity contribution in [3.8, 4) is 0 Å². The van der Waals surface area contributed by atoms with Crippen molar-refractivity contribution in [2.75, 3.05) is 11.5 Å². The van der Waals surface area contributed by atoms with Crippen LogP contribution < -0.4 is 5.73 Å². The molecule has 2 rings (SSSR count). The van der Waals surface area contributed by atoms with Gasteiger partial charge in [-0.3, -0.25) is 0 Å². The number of ether oxygens (including phenoxy) is 1. The first-order valence-corrected chi connectivity index (χ1v) is 8.56. The molecule has 5 nitrogen and oxygen atoms in total. The number of nitrogen functional groups attached to an aromatic ring is 1. The largest absolute Gasteiger partial charge is 0.456 e. The molecule has 0 atom stereocenters. The van der Waals surface area contributed by atoms with Gasteiger partial charge in [-0.1, -0.05) is 0 Å². The zero-order valence-electron chi connectivity index (χ0n) is 11.1. The van der Waals surface area contributed by atoms with Crippen molar-refractivity contribution in [3.05, 3.63) is 16.0 Å². The van der Waals surface area contributed by atoms with Crippen LogP contribution in [0.25, 0.3) is 0 Å². The summed E-state index contributed by atoms with van der Waals surface area (Å²) in [4.78, 5) is 12.8. The quantitative estimate of drug-likeness (QED) is 0.799. The lowest BCUT2D eigenvalue weighted by Crippen LogP contribution is -2.26. The van der Waals surface area contributed by atoms with Gasteiger partial charge < -0.3 is 10.5 Å². The maximum atomic E-state index is 12.1. The molecule has 1 aliphatic heterocycles. The minimum Gasteiger partial charge on any atom is -0.456 e. The summed E-state index contributed by atoms with van der Waals surface area (Å²) in [5.74, 6) is -0.437. The molecular formula is C12H17NO4S2. The van der Waals surface area contributed by atoms with Gasteiger partial charge in [0.1, 0.15) is 10.6 Å². The van der Waals surface area contributed by atoms with Gasteiger partial charge in [-0.2, -0.15) is 0 Å². The summed E-state index contributed by atoms with van der Waals surface area (Å²) >= 11 is 1.17. The fourth-order valence-corrected chi connectivity index (χ4v) is 4.91. The Morgan fingerprint density at radius 1 is 1.37 bits per heavy atom. The van der Waals surface area contributed by atoms with Crippen molar-refractivity contribution in [2.24, 2.45) is 0 Å². The first-order chi connectivity index (χ1) is 8.59. The topological polar surface area (TPSA) is 86.5 Å². The monoisotopic (exact) mass is 303 g/mol. The lowest BCUT2D eigenvalue weighted by molar-refractivity contribution is 0.00701. The molecule has 1 aromatic rings. The molecule has 1 aliphatic rings. The molecule has 106 valence electrons. The number of nitrogens with two attached hydrogens (primary N) is 1. The van der Waals surface area contributed by atoms with Crippen LogP contribution in [0.15, 0.2) is 0 Å². The summed E-state index contributed by atoms with van der Waals surface area (Å²) < 4.78 is 28.5. The molecule has 7 heteroatoms. The summed E-state index contributed by atoms with van der Waals surface area (Å²) in [6.45, 7) is 5.35. The minimum absolute atomic E-state index is 0.0278. The summed E-state index contributed by atoms with van der Waals surface area (Å²) in [5.41, 5.74) is 6.35. The fraction of sp³-hybridized carbons (Fsp3) is 0.583. The summed E-state index contributed by atoms with van der Waals surface area (Å²) in [6.07, 6.45) is 0.333. The van der Waals surface area contributed by atoms with Gasteiger partial charge in [0.25, 0.3) is 0 Å². The van der Waals surface area contributed by atoms with Gasteiger partial charge in [0.2, 0.25) is 0 Å². The second kappa shape index (κ2) is 4.49. The molecule has 0 aromatic carbocycles. The van der Waals surface area contributed by atoms with Crippen molar-refractivity contribution >= 4 is 32.1 Å². The lowest BCUT2D eigenvalue weighted by Gasteiger charge is -2.20. The van der Waals surface area contributed by atoms with Crippen LogP contribution in [0.5, 0.6) is 0 Å². The van der Waals surface area contributed by atoms with Gasteiger partial charge in [-0.05, 0) is 32.8 Å². The Bertz CT molecular complexity index is 623. The number of carbonyl (C=O) groups excluding carboxylic acids is 1. The Balaban J connectivity index is 2.39. The molecule has 0 aliphatic carbocycles. The number of esters is 1. The zero-order valence-corrected chi connectivity index (χ0v) is 12.8. The maximum Gasteiger partial charge on any atom is 0.341 e. The van der Waals surface area contributed by atoms with E-state index in [0.717, 1.165) is 5.56 Å². The second-order valence-corrected chi connectivity index (χ2v) is 8.91. The molecule has 19 heavy (non-hydrogen) atoms. The Labute approximate surface area is 116 Å². The van der Waals surface area contributed by atoms with Crippen LogP contribution in [0.4, 0.5) is 5.00 Å². The first-order valence-electron chi connectivity index (χ1n) is 5.93. The molecular weight excluding hydrogens is 286 g/mol. The maximum absolute atomic E-state index is 12.1. The highest BCUT2D eigenvalue weighted by Crippen LogP contribution is 2.36. The van der Waals surface area contributed by atoms with Crippen molar-refractivity contribution in [2.45, 2.75) is 38.5 Å². The predicted molar refractivity (Wildman–Crippen MR) is 75.1 cm³/mol. The number of anilines is 1. The molecule has 2 N–H and O–H groups in total. The van der Waals surface area contributed by atoms with Crippen LogP contribution in [-0.4, -0.2) is 25.7 Å². The van der Waals surface area contributed by atoms with E-state index in [1.54, 1.807) is 20.8 Å². The Kier molecular flexibility index (Phi) is 3.38. The molecule has 0 saturated heterocycles. The summed E-state index contributed by atoms with van der Waals surface area (Å²) in [7, 11) is -3.06. The SMILES string of the molecule is CC(C)(C)OC(=O)c1c(N)sc2c1CCS(=O)(=O)C2. The number of sulfone groups is 1. The lowest BCUT2D eigenvalue weighted by atomic mass is 10.1. The van der Waals surface area contributed by atoms with Crippen molar-refractivity contribution < 1.29 is 17.9 Å². The smallest absolute Gasteiger partial charge is 0.341 e. The third-order valence-electron chi connectivity index (χ3n) is 2.74. The van der Waals surface area contributed by atoms with Crippen LogP contribution in [0.1, 0.15) is 41.6 Å². The summed E-state index contributed by atoms with van der Waals surface area (Å²) in [5, 5.41) is 0.344. The van der Waals surface area contributed by atoms with Gasteiger partial charge in [-0.25, -0.2) is 13.2 Å². The van der Waals surface area contributed by atoms with Crippen LogP contribution >= 0.6 is 11.3 Å².